The quantitative estimate of drug-likeness (QED) is 0.227. The third-order valence-corrected chi connectivity index (χ3v) is 5.50. The molecule has 0 saturated heterocycles. The summed E-state index contributed by atoms with van der Waals surface area (Å²) >= 11 is 12.2. The third kappa shape index (κ3) is 10.2. The molecule has 0 aliphatic carbocycles. The number of nitrogens with one attached hydrogen (secondary N) is 1. The zero-order chi connectivity index (χ0) is 26.6. The number of aliphatic carboxylic acids is 1. The lowest BCUT2D eigenvalue weighted by molar-refractivity contribution is -0.137. The number of unbranched alkanes of at least 4 members (excludes halogenated alkanes) is 1. The summed E-state index contributed by atoms with van der Waals surface area (Å²) in [5.74, 6) is -0.796. The van der Waals surface area contributed by atoms with Crippen molar-refractivity contribution in [3.05, 3.63) is 58.6 Å². The summed E-state index contributed by atoms with van der Waals surface area (Å²) in [7, 11) is 0. The minimum absolute atomic E-state index is 0.0384. The van der Waals surface area contributed by atoms with Gasteiger partial charge >= 0.3 is 5.97 Å². The van der Waals surface area contributed by atoms with Crippen LogP contribution < -0.4 is 5.32 Å². The fourth-order valence-electron chi connectivity index (χ4n) is 3.74. The Hall–Kier alpha value is -2.64. The first-order valence-corrected chi connectivity index (χ1v) is 12.3. The average Bonchev–Trinajstić information content (AvgIpc) is 2.98. The molecule has 2 amide bonds. The highest BCUT2D eigenvalue weighted by Crippen LogP contribution is 2.34. The first kappa shape index (κ1) is 30.4. The zero-order valence-corrected chi connectivity index (χ0v) is 22.3. The molecule has 0 bridgehead atoms. The highest BCUT2D eigenvalue weighted by molar-refractivity contribution is 6.47. The number of carboxylic acid groups (broad SMARTS) is 1. The molecule has 0 radical (unpaired) electrons. The van der Waals surface area contributed by atoms with Gasteiger partial charge in [-0.2, -0.15) is 0 Å². The van der Waals surface area contributed by atoms with Crippen molar-refractivity contribution in [1.82, 2.24) is 10.2 Å². The van der Waals surface area contributed by atoms with E-state index in [1.807, 2.05) is 17.9 Å². The van der Waals surface area contributed by atoms with Crippen molar-refractivity contribution in [2.75, 3.05) is 13.1 Å². The molecule has 192 valence electrons. The number of carboxylic acids is 1. The smallest absolute Gasteiger partial charge is 0.305 e. The van der Waals surface area contributed by atoms with Crippen LogP contribution >= 0.6 is 23.2 Å². The lowest BCUT2D eigenvalue weighted by Crippen LogP contribution is -2.46. The SMILES string of the molecule is C/C=C/C(=O)NCCC(=O)O.C=CCCCN1C(=O)C(c2cc(Cl)cc(Cl)c2)=NC1(C)CC(C)C. The highest BCUT2D eigenvalue weighted by atomic mass is 35.5. The Morgan fingerprint density at radius 1 is 1.26 bits per heavy atom. The second kappa shape index (κ2) is 14.7. The molecule has 2 rings (SSSR count). The predicted molar refractivity (Wildman–Crippen MR) is 142 cm³/mol. The number of carbonyl (C=O) groups is 3. The predicted octanol–water partition coefficient (Wildman–Crippen LogP) is 5.51. The monoisotopic (exact) mass is 523 g/mol. The third-order valence-electron chi connectivity index (χ3n) is 5.06. The van der Waals surface area contributed by atoms with E-state index in [-0.39, 0.29) is 24.8 Å². The summed E-state index contributed by atoms with van der Waals surface area (Å²) in [5.41, 5.74) is 0.594. The van der Waals surface area contributed by atoms with Gasteiger partial charge in [0.2, 0.25) is 5.91 Å². The van der Waals surface area contributed by atoms with Crippen molar-refractivity contribution in [2.45, 2.75) is 59.0 Å². The van der Waals surface area contributed by atoms with Crippen molar-refractivity contribution < 1.29 is 19.5 Å². The number of amides is 2. The molecular weight excluding hydrogens is 489 g/mol. The van der Waals surface area contributed by atoms with E-state index in [9.17, 15) is 14.4 Å². The van der Waals surface area contributed by atoms with Gasteiger partial charge in [0.1, 0.15) is 11.4 Å². The Kier molecular flexibility index (Phi) is 12.8. The number of allylic oxidation sites excluding steroid dienone is 2. The molecule has 2 N–H and O–H groups in total. The van der Waals surface area contributed by atoms with Gasteiger partial charge in [-0.15, -0.1) is 6.58 Å². The van der Waals surface area contributed by atoms with Gasteiger partial charge in [-0.05, 0) is 63.3 Å². The molecule has 1 aliphatic heterocycles. The summed E-state index contributed by atoms with van der Waals surface area (Å²) in [6.45, 7) is 12.6. The second-order valence-electron chi connectivity index (χ2n) is 8.76. The molecule has 0 aromatic heterocycles. The molecule has 0 fully saturated rings. The Morgan fingerprint density at radius 3 is 2.40 bits per heavy atom. The standard InChI is InChI=1S/C19H24Cl2N2O.C7H11NO3/c1-5-6-7-8-23-18(24)17(22-19(23,4)12-13(2)3)14-9-15(20)11-16(21)10-14;1-2-3-6(9)8-5-4-7(10)11/h5,9-11,13H,1,6-8,12H2,2-4H3;2-3H,4-5H2,1H3,(H,8,9)(H,10,11)/b;3-2+. The number of halogens is 2. The van der Waals surface area contributed by atoms with Gasteiger partial charge in [0.15, 0.2) is 0 Å². The number of hydrogen-bond donors (Lipinski definition) is 2. The van der Waals surface area contributed by atoms with Crippen LogP contribution in [0.4, 0.5) is 0 Å². The van der Waals surface area contributed by atoms with Crippen LogP contribution in [0.2, 0.25) is 10.0 Å². The minimum atomic E-state index is -0.911. The van der Waals surface area contributed by atoms with E-state index in [0.717, 1.165) is 19.3 Å². The van der Waals surface area contributed by atoms with Gasteiger partial charge < -0.3 is 15.3 Å². The normalized spacial score (nSPS) is 17.3. The van der Waals surface area contributed by atoms with Crippen molar-refractivity contribution in [1.29, 1.82) is 0 Å². The van der Waals surface area contributed by atoms with E-state index in [1.54, 1.807) is 31.2 Å². The van der Waals surface area contributed by atoms with Crippen LogP contribution in [-0.2, 0) is 14.4 Å². The summed E-state index contributed by atoms with van der Waals surface area (Å²) < 4.78 is 0. The maximum Gasteiger partial charge on any atom is 0.305 e. The zero-order valence-electron chi connectivity index (χ0n) is 20.8. The van der Waals surface area contributed by atoms with Gasteiger partial charge in [-0.25, -0.2) is 0 Å². The van der Waals surface area contributed by atoms with Gasteiger partial charge in [0.05, 0.1) is 6.42 Å². The van der Waals surface area contributed by atoms with Crippen LogP contribution in [0.1, 0.15) is 58.9 Å². The van der Waals surface area contributed by atoms with Crippen LogP contribution in [0.25, 0.3) is 0 Å². The molecule has 0 saturated carbocycles. The molecule has 9 heteroatoms. The number of hydrogen-bond acceptors (Lipinski definition) is 4. The molecule has 35 heavy (non-hydrogen) atoms. The molecule has 1 aromatic rings. The number of nitrogens with zero attached hydrogens (tertiary/aromatic N) is 2. The topological polar surface area (TPSA) is 99.1 Å². The summed E-state index contributed by atoms with van der Waals surface area (Å²) in [5, 5.41) is 11.6. The maximum atomic E-state index is 13.0. The largest absolute Gasteiger partial charge is 0.481 e. The van der Waals surface area contributed by atoms with Crippen LogP contribution in [-0.4, -0.2) is 52.3 Å². The first-order valence-electron chi connectivity index (χ1n) is 11.5. The molecule has 1 heterocycles. The average molecular weight is 524 g/mol. The molecule has 1 aliphatic rings. The number of carbonyl (C=O) groups excluding carboxylic acids is 2. The van der Waals surface area contributed by atoms with Gasteiger partial charge in [0, 0.05) is 28.7 Å². The van der Waals surface area contributed by atoms with E-state index in [0.29, 0.717) is 33.8 Å². The van der Waals surface area contributed by atoms with E-state index >= 15 is 0 Å². The van der Waals surface area contributed by atoms with E-state index in [4.69, 9.17) is 33.3 Å². The Bertz CT molecular complexity index is 955. The number of aliphatic imine (C=N–C) groups is 1. The first-order chi connectivity index (χ1) is 16.4. The van der Waals surface area contributed by atoms with Crippen LogP contribution in [0, 0.1) is 5.92 Å². The van der Waals surface area contributed by atoms with Gasteiger partial charge in [-0.3, -0.25) is 19.4 Å². The molecule has 1 unspecified atom stereocenters. The summed E-state index contributed by atoms with van der Waals surface area (Å²) in [6.07, 6.45) is 7.34. The molecule has 1 atom stereocenters. The molecule has 7 nitrogen and oxygen atoms in total. The van der Waals surface area contributed by atoms with Gasteiger partial charge in [0.25, 0.3) is 5.91 Å². The van der Waals surface area contributed by atoms with Crippen LogP contribution in [0.15, 0.2) is 48.0 Å². The lowest BCUT2D eigenvalue weighted by Gasteiger charge is -2.34. The van der Waals surface area contributed by atoms with E-state index < -0.39 is 11.6 Å². The van der Waals surface area contributed by atoms with Crippen LogP contribution in [0.5, 0.6) is 0 Å². The maximum absolute atomic E-state index is 13.0. The number of benzene rings is 1. The van der Waals surface area contributed by atoms with E-state index in [1.165, 1.54) is 6.08 Å². The fourth-order valence-corrected chi connectivity index (χ4v) is 4.27. The van der Waals surface area contributed by atoms with Crippen molar-refractivity contribution >= 4 is 46.7 Å². The minimum Gasteiger partial charge on any atom is -0.481 e. The number of rotatable bonds is 11. The van der Waals surface area contributed by atoms with E-state index in [2.05, 4.69) is 25.7 Å². The molecule has 1 aromatic carbocycles. The van der Waals surface area contributed by atoms with Crippen molar-refractivity contribution in [2.24, 2.45) is 10.9 Å². The van der Waals surface area contributed by atoms with Gasteiger partial charge in [-0.1, -0.05) is 49.2 Å². The van der Waals surface area contributed by atoms with Crippen molar-refractivity contribution in [3.63, 3.8) is 0 Å². The Balaban J connectivity index is 0.000000471. The lowest BCUT2D eigenvalue weighted by atomic mass is 9.98. The molecular formula is C26H35Cl2N3O4. The Morgan fingerprint density at radius 2 is 1.89 bits per heavy atom. The Labute approximate surface area is 217 Å². The summed E-state index contributed by atoms with van der Waals surface area (Å²) in [4.78, 5) is 40.3. The van der Waals surface area contributed by atoms with Crippen LogP contribution in [0.3, 0.4) is 0 Å². The molecule has 0 spiro atoms. The fraction of sp³-hybridized carbons (Fsp3) is 0.462. The second-order valence-corrected chi connectivity index (χ2v) is 9.63. The summed E-state index contributed by atoms with van der Waals surface area (Å²) in [6, 6.07) is 5.14. The van der Waals surface area contributed by atoms with Crippen molar-refractivity contribution in [3.8, 4) is 0 Å². The highest BCUT2D eigenvalue weighted by Gasteiger charge is 2.43.